The molecule has 0 aliphatic rings. The average Bonchev–Trinajstić information content (AvgIpc) is 3.13. The Kier molecular flexibility index (Phi) is 24.6. The second-order valence-corrected chi connectivity index (χ2v) is 11.0. The van der Waals surface area contributed by atoms with Crippen molar-refractivity contribution in [1.29, 1.82) is 5.26 Å². The van der Waals surface area contributed by atoms with Crippen LogP contribution in [-0.2, 0) is 16.1 Å². The molecule has 0 heterocycles. The standard InChI is InChI=1S/C33H40FN5O2.C4H10.C4H6/c1-6-25(20-35)19-31(33(40)38-23(3)27-14-16-29(34)17-15-27)24(4)37-22-26-10-12-28(13-11-26)32(7-2)39-30(21-36)9-8-18-41-5;2*1-3-4-2/h6-7,10-17,19,23,37H,1,8-9,18,21-22,36H2,2-5H3,(H,38,40);3-4H2,1-2H3;1H,4H2,2H3/b25-19+,31-24-,32-7-,39-30?;;. The van der Waals surface area contributed by atoms with E-state index in [9.17, 15) is 14.4 Å². The molecule has 7 nitrogen and oxygen atoms in total. The van der Waals surface area contributed by atoms with Crippen LogP contribution in [0.25, 0.3) is 5.70 Å². The molecule has 8 heteroatoms. The summed E-state index contributed by atoms with van der Waals surface area (Å²) >= 11 is 0. The van der Waals surface area contributed by atoms with E-state index < -0.39 is 0 Å². The van der Waals surface area contributed by atoms with Crippen LogP contribution in [0.2, 0.25) is 0 Å². The monoisotopic (exact) mass is 669 g/mol. The molecule has 2 rings (SSSR count). The van der Waals surface area contributed by atoms with Gasteiger partial charge in [0.05, 0.1) is 29.0 Å². The smallest absolute Gasteiger partial charge is 0.253 e. The lowest BCUT2D eigenvalue weighted by Gasteiger charge is -2.17. The SMILES string of the molecule is C#CCC.C=C/C(C#N)=C\C(C(=O)NC(C)c1ccc(F)cc1)=C(/C)NCc1ccc(/C(=C/C)N=C(CN)CCCOC)cc1.CCCC. The third-order valence-corrected chi connectivity index (χ3v) is 7.13. The lowest BCUT2D eigenvalue weighted by atomic mass is 10.1. The second kappa shape index (κ2) is 27.2. The van der Waals surface area contributed by atoms with Gasteiger partial charge in [-0.2, -0.15) is 5.26 Å². The molecule has 0 radical (unpaired) electrons. The van der Waals surface area contributed by atoms with E-state index in [1.807, 2.05) is 57.2 Å². The molecule has 0 fully saturated rings. The molecule has 2 aromatic rings. The zero-order valence-corrected chi connectivity index (χ0v) is 30.5. The molecule has 264 valence electrons. The van der Waals surface area contributed by atoms with Crippen LogP contribution >= 0.6 is 0 Å². The van der Waals surface area contributed by atoms with Crippen LogP contribution in [-0.4, -0.2) is 31.9 Å². The molecule has 0 aromatic heterocycles. The number of hydrogen-bond donors (Lipinski definition) is 3. The lowest BCUT2D eigenvalue weighted by molar-refractivity contribution is -0.117. The summed E-state index contributed by atoms with van der Waals surface area (Å²) in [5.74, 6) is 1.72. The summed E-state index contributed by atoms with van der Waals surface area (Å²) in [6, 6.07) is 15.6. The van der Waals surface area contributed by atoms with Crippen molar-refractivity contribution >= 4 is 17.3 Å². The fourth-order valence-electron chi connectivity index (χ4n) is 3.96. The number of halogens is 1. The van der Waals surface area contributed by atoms with Gasteiger partial charge in [0.1, 0.15) is 5.82 Å². The quantitative estimate of drug-likeness (QED) is 0.0413. The highest BCUT2D eigenvalue weighted by Crippen LogP contribution is 2.19. The van der Waals surface area contributed by atoms with Gasteiger partial charge in [0.2, 0.25) is 0 Å². The van der Waals surface area contributed by atoms with Crippen molar-refractivity contribution in [3.63, 3.8) is 0 Å². The number of nitrogens with zero attached hydrogens (tertiary/aromatic N) is 2. The first-order chi connectivity index (χ1) is 23.6. The Morgan fingerprint density at radius 2 is 1.76 bits per heavy atom. The van der Waals surface area contributed by atoms with E-state index in [4.69, 9.17) is 21.9 Å². The van der Waals surface area contributed by atoms with Crippen LogP contribution < -0.4 is 16.4 Å². The molecule has 1 unspecified atom stereocenters. The number of methoxy groups -OCH3 is 1. The number of nitrogens with one attached hydrogen (secondary N) is 2. The van der Waals surface area contributed by atoms with E-state index >= 15 is 0 Å². The van der Waals surface area contributed by atoms with E-state index in [-0.39, 0.29) is 23.3 Å². The molecule has 0 saturated carbocycles. The number of ether oxygens (including phenoxy) is 1. The van der Waals surface area contributed by atoms with Gasteiger partial charge in [-0.15, -0.1) is 12.3 Å². The summed E-state index contributed by atoms with van der Waals surface area (Å²) in [6.07, 6.45) is 14.8. The predicted molar refractivity (Wildman–Crippen MR) is 204 cm³/mol. The number of benzene rings is 2. The van der Waals surface area contributed by atoms with Crippen LogP contribution in [0.4, 0.5) is 4.39 Å². The number of amides is 1. The molecule has 4 N–H and O–H groups in total. The third kappa shape index (κ3) is 18.4. The third-order valence-electron chi connectivity index (χ3n) is 7.13. The maximum absolute atomic E-state index is 13.3. The Hall–Kier alpha value is -4.76. The Bertz CT molecular complexity index is 1470. The Morgan fingerprint density at radius 3 is 2.22 bits per heavy atom. The second-order valence-electron chi connectivity index (χ2n) is 11.0. The maximum Gasteiger partial charge on any atom is 0.253 e. The number of nitrogens with two attached hydrogens (primary N) is 1. The number of aliphatic imine (C=N–C) groups is 1. The molecular formula is C41H56FN5O2. The van der Waals surface area contributed by atoms with E-state index in [1.165, 1.54) is 37.1 Å². The molecule has 0 spiro atoms. The van der Waals surface area contributed by atoms with E-state index in [1.54, 1.807) is 26.2 Å². The van der Waals surface area contributed by atoms with Crippen LogP contribution in [0, 0.1) is 29.5 Å². The highest BCUT2D eigenvalue weighted by atomic mass is 19.1. The van der Waals surface area contributed by atoms with Crippen LogP contribution in [0.5, 0.6) is 0 Å². The lowest BCUT2D eigenvalue weighted by Crippen LogP contribution is -2.29. The van der Waals surface area contributed by atoms with Gasteiger partial charge in [-0.25, -0.2) is 4.39 Å². The number of carbonyl (C=O) groups is 1. The molecule has 0 saturated heterocycles. The molecule has 0 aliphatic heterocycles. The van der Waals surface area contributed by atoms with E-state index in [0.29, 0.717) is 31.0 Å². The highest BCUT2D eigenvalue weighted by Gasteiger charge is 2.16. The number of hydrogen-bond acceptors (Lipinski definition) is 6. The van der Waals surface area contributed by atoms with Crippen molar-refractivity contribution in [3.8, 4) is 18.4 Å². The van der Waals surface area contributed by atoms with Crippen LogP contribution in [0.1, 0.15) is 96.4 Å². The fraction of sp³-hybridized carbons (Fsp3) is 0.390. The Morgan fingerprint density at radius 1 is 1.14 bits per heavy atom. The summed E-state index contributed by atoms with van der Waals surface area (Å²) < 4.78 is 18.4. The summed E-state index contributed by atoms with van der Waals surface area (Å²) in [6.45, 7) is 17.0. The van der Waals surface area contributed by atoms with Crippen LogP contribution in [0.15, 0.2) is 95.2 Å². The van der Waals surface area contributed by atoms with Crippen molar-refractivity contribution in [2.45, 2.75) is 86.2 Å². The zero-order valence-electron chi connectivity index (χ0n) is 30.5. The maximum atomic E-state index is 13.3. The average molecular weight is 670 g/mol. The summed E-state index contributed by atoms with van der Waals surface area (Å²) in [5, 5.41) is 15.6. The van der Waals surface area contributed by atoms with Crippen molar-refractivity contribution in [3.05, 3.63) is 113 Å². The number of terminal acetylenes is 1. The number of allylic oxidation sites excluding steroid dienone is 4. The Balaban J connectivity index is 0.00000258. The summed E-state index contributed by atoms with van der Waals surface area (Å²) in [7, 11) is 1.68. The molecule has 0 bridgehead atoms. The van der Waals surface area contributed by atoms with Crippen molar-refractivity contribution < 1.29 is 13.9 Å². The molecule has 49 heavy (non-hydrogen) atoms. The summed E-state index contributed by atoms with van der Waals surface area (Å²) in [4.78, 5) is 18.0. The number of unbranched alkanes of at least 4 members (excludes halogenated alkanes) is 1. The van der Waals surface area contributed by atoms with Gasteiger partial charge >= 0.3 is 0 Å². The van der Waals surface area contributed by atoms with Gasteiger partial charge in [-0.1, -0.05) is 88.7 Å². The fourth-order valence-corrected chi connectivity index (χ4v) is 3.96. The number of rotatable bonds is 16. The van der Waals surface area contributed by atoms with Gasteiger partial charge in [0.25, 0.3) is 5.91 Å². The number of carbonyl (C=O) groups excluding carboxylic acids is 1. The van der Waals surface area contributed by atoms with Crippen molar-refractivity contribution in [2.24, 2.45) is 10.7 Å². The zero-order chi connectivity index (χ0) is 37.0. The molecular weight excluding hydrogens is 613 g/mol. The largest absolute Gasteiger partial charge is 0.385 e. The van der Waals surface area contributed by atoms with Gasteiger partial charge in [0.15, 0.2) is 0 Å². The summed E-state index contributed by atoms with van der Waals surface area (Å²) in [5.41, 5.74) is 11.6. The molecule has 2 aromatic carbocycles. The van der Waals surface area contributed by atoms with E-state index in [2.05, 4.69) is 37.0 Å². The Labute approximate surface area is 294 Å². The predicted octanol–water partition coefficient (Wildman–Crippen LogP) is 8.73. The van der Waals surface area contributed by atoms with Gasteiger partial charge < -0.3 is 21.1 Å². The molecule has 0 aliphatic carbocycles. The molecule has 1 atom stereocenters. The van der Waals surface area contributed by atoms with Crippen LogP contribution in [0.3, 0.4) is 0 Å². The highest BCUT2D eigenvalue weighted by molar-refractivity contribution is 5.97. The minimum atomic E-state index is -0.371. The first-order valence-electron chi connectivity index (χ1n) is 16.8. The first-order valence-corrected chi connectivity index (χ1v) is 16.8. The van der Waals surface area contributed by atoms with E-state index in [0.717, 1.165) is 47.4 Å². The number of nitriles is 1. The molecule has 1 amide bonds. The van der Waals surface area contributed by atoms with Gasteiger partial charge in [-0.05, 0) is 68.5 Å². The van der Waals surface area contributed by atoms with Gasteiger partial charge in [0, 0.05) is 44.6 Å². The minimum absolute atomic E-state index is 0.258. The van der Waals surface area contributed by atoms with Crippen molar-refractivity contribution in [2.75, 3.05) is 20.3 Å². The van der Waals surface area contributed by atoms with Gasteiger partial charge in [-0.3, -0.25) is 9.79 Å². The minimum Gasteiger partial charge on any atom is -0.385 e. The first kappa shape index (κ1) is 44.2. The van der Waals surface area contributed by atoms with Crippen molar-refractivity contribution in [1.82, 2.24) is 10.6 Å². The normalized spacial score (nSPS) is 12.4. The topological polar surface area (TPSA) is 113 Å².